The van der Waals surface area contributed by atoms with Crippen LogP contribution in [0.25, 0.3) is 5.57 Å². The van der Waals surface area contributed by atoms with Gasteiger partial charge in [0.2, 0.25) is 0 Å². The lowest BCUT2D eigenvalue weighted by Gasteiger charge is -2.05. The van der Waals surface area contributed by atoms with E-state index in [9.17, 15) is 0 Å². The molecule has 0 aliphatic rings. The summed E-state index contributed by atoms with van der Waals surface area (Å²) in [5.41, 5.74) is 4.15. The van der Waals surface area contributed by atoms with Crippen molar-refractivity contribution in [3.05, 3.63) is 103 Å². The molecule has 20 heavy (non-hydrogen) atoms. The van der Waals surface area contributed by atoms with Crippen LogP contribution in [-0.2, 0) is 0 Å². The van der Waals surface area contributed by atoms with Gasteiger partial charge in [0.25, 0.3) is 0 Å². The van der Waals surface area contributed by atoms with E-state index < -0.39 is 0 Å². The highest BCUT2D eigenvalue weighted by Gasteiger charge is 1.99. The lowest BCUT2D eigenvalue weighted by atomic mass is 10.00. The molecule has 0 heteroatoms. The number of hydrogen-bond acceptors (Lipinski definition) is 0. The Labute approximate surface area is 122 Å². The molecule has 0 heterocycles. The molecule has 0 bridgehead atoms. The molecule has 0 radical (unpaired) electrons. The first kappa shape index (κ1) is 15.7. The van der Waals surface area contributed by atoms with Crippen molar-refractivity contribution < 1.29 is 0 Å². The van der Waals surface area contributed by atoms with Gasteiger partial charge < -0.3 is 0 Å². The summed E-state index contributed by atoms with van der Waals surface area (Å²) >= 11 is 0. The van der Waals surface area contributed by atoms with E-state index in [1.165, 1.54) is 5.56 Å². The molecule has 1 aromatic carbocycles. The van der Waals surface area contributed by atoms with Crippen molar-refractivity contribution in [2.24, 2.45) is 0 Å². The topological polar surface area (TPSA) is 0 Å². The summed E-state index contributed by atoms with van der Waals surface area (Å²) in [5.74, 6) is 0. The van der Waals surface area contributed by atoms with Gasteiger partial charge in [-0.3, -0.25) is 0 Å². The minimum atomic E-state index is 0.918. The molecule has 0 nitrogen and oxygen atoms in total. The molecule has 0 atom stereocenters. The average molecular weight is 262 g/mol. The Kier molecular flexibility index (Phi) is 6.84. The van der Waals surface area contributed by atoms with Crippen LogP contribution in [0.4, 0.5) is 0 Å². The maximum absolute atomic E-state index is 4.10. The summed E-state index contributed by atoms with van der Waals surface area (Å²) in [4.78, 5) is 0. The van der Waals surface area contributed by atoms with E-state index >= 15 is 0 Å². The minimum absolute atomic E-state index is 0.918. The molecule has 0 spiro atoms. The van der Waals surface area contributed by atoms with Crippen LogP contribution in [0.1, 0.15) is 19.4 Å². The number of benzene rings is 1. The van der Waals surface area contributed by atoms with E-state index in [0.717, 1.165) is 16.7 Å². The van der Waals surface area contributed by atoms with Crippen LogP contribution < -0.4 is 0 Å². The van der Waals surface area contributed by atoms with Crippen LogP contribution in [0.3, 0.4) is 0 Å². The number of hydrogen-bond donors (Lipinski definition) is 0. The van der Waals surface area contributed by atoms with Crippen LogP contribution in [0.15, 0.2) is 97.2 Å². The van der Waals surface area contributed by atoms with Crippen LogP contribution in [0.2, 0.25) is 0 Å². The van der Waals surface area contributed by atoms with Gasteiger partial charge in [-0.2, -0.15) is 0 Å². The van der Waals surface area contributed by atoms with E-state index in [2.05, 4.69) is 37.4 Å². The molecule has 0 aliphatic heterocycles. The average Bonchev–Trinajstić information content (AvgIpc) is 2.47. The normalized spacial score (nSPS) is 12.6. The van der Waals surface area contributed by atoms with Gasteiger partial charge >= 0.3 is 0 Å². The zero-order chi connectivity index (χ0) is 14.8. The summed E-state index contributed by atoms with van der Waals surface area (Å²) in [6.45, 7) is 12.1. The van der Waals surface area contributed by atoms with Gasteiger partial charge in [0.05, 0.1) is 0 Å². The zero-order valence-electron chi connectivity index (χ0n) is 12.3. The molecular formula is C20H22. The number of allylic oxidation sites excluding steroid dienone is 10. The van der Waals surface area contributed by atoms with Crippen LogP contribution in [-0.4, -0.2) is 0 Å². The quantitative estimate of drug-likeness (QED) is 0.561. The van der Waals surface area contributed by atoms with Gasteiger partial charge in [-0.15, -0.1) is 0 Å². The first-order chi connectivity index (χ1) is 9.69. The lowest BCUT2D eigenvalue weighted by Crippen LogP contribution is -1.84. The Morgan fingerprint density at radius 2 is 1.55 bits per heavy atom. The van der Waals surface area contributed by atoms with E-state index in [1.807, 2.05) is 62.4 Å². The molecule has 0 fully saturated rings. The van der Waals surface area contributed by atoms with Gasteiger partial charge in [0.15, 0.2) is 0 Å². The Hall–Kier alpha value is -2.34. The Morgan fingerprint density at radius 3 is 2.15 bits per heavy atom. The molecular weight excluding hydrogens is 240 g/mol. The van der Waals surface area contributed by atoms with Gasteiger partial charge in [-0.25, -0.2) is 0 Å². The molecule has 0 unspecified atom stereocenters. The molecule has 1 rings (SSSR count). The first-order valence-electron chi connectivity index (χ1n) is 6.76. The summed E-state index contributed by atoms with van der Waals surface area (Å²) in [7, 11) is 0. The van der Waals surface area contributed by atoms with Crippen molar-refractivity contribution >= 4 is 5.57 Å². The molecule has 0 aromatic heterocycles. The fraction of sp³-hybridized carbons (Fsp3) is 0.100. The Morgan fingerprint density at radius 1 is 0.850 bits per heavy atom. The third-order valence-corrected chi connectivity index (χ3v) is 2.80. The van der Waals surface area contributed by atoms with Gasteiger partial charge in [-0.05, 0) is 42.2 Å². The molecule has 0 saturated heterocycles. The van der Waals surface area contributed by atoms with Gasteiger partial charge in [0.1, 0.15) is 0 Å². The summed E-state index contributed by atoms with van der Waals surface area (Å²) in [5, 5.41) is 0. The molecule has 0 saturated carbocycles. The molecule has 102 valence electrons. The standard InChI is InChI=1S/C20H22/c1-5-7-9-13-17(3)18(4)16-20(12-6-2)19-14-10-8-11-15-19/h5-16H,3-4H2,1-2H3/b7-5-,12-6-,13-9-,20-16+. The largest absolute Gasteiger partial charge is 0.0912 e. The fourth-order valence-corrected chi connectivity index (χ4v) is 1.71. The van der Waals surface area contributed by atoms with Crippen LogP contribution in [0.5, 0.6) is 0 Å². The van der Waals surface area contributed by atoms with Crippen LogP contribution in [0, 0.1) is 0 Å². The minimum Gasteiger partial charge on any atom is -0.0912 e. The van der Waals surface area contributed by atoms with Gasteiger partial charge in [0, 0.05) is 0 Å². The maximum atomic E-state index is 4.10. The second-order valence-electron chi connectivity index (χ2n) is 4.40. The third-order valence-electron chi connectivity index (χ3n) is 2.80. The highest BCUT2D eigenvalue weighted by Crippen LogP contribution is 2.20. The third kappa shape index (κ3) is 5.11. The molecule has 0 N–H and O–H groups in total. The Bertz CT molecular complexity index is 563. The first-order valence-corrected chi connectivity index (χ1v) is 6.76. The zero-order valence-corrected chi connectivity index (χ0v) is 12.3. The Balaban J connectivity index is 2.98. The van der Waals surface area contributed by atoms with Crippen molar-refractivity contribution in [3.8, 4) is 0 Å². The molecule has 0 aliphatic carbocycles. The SMILES string of the molecule is C=C(/C=C\C=C/C)C(=C)/C=C(\C=C/C)c1ccccc1. The fourth-order valence-electron chi connectivity index (χ4n) is 1.71. The van der Waals surface area contributed by atoms with Crippen molar-refractivity contribution in [1.82, 2.24) is 0 Å². The lowest BCUT2D eigenvalue weighted by molar-refractivity contribution is 1.56. The van der Waals surface area contributed by atoms with E-state index in [0.29, 0.717) is 0 Å². The summed E-state index contributed by atoms with van der Waals surface area (Å²) < 4.78 is 0. The molecule has 0 amide bonds. The van der Waals surface area contributed by atoms with Gasteiger partial charge in [-0.1, -0.05) is 79.9 Å². The van der Waals surface area contributed by atoms with Crippen molar-refractivity contribution in [2.45, 2.75) is 13.8 Å². The number of rotatable bonds is 6. The highest BCUT2D eigenvalue weighted by atomic mass is 14.0. The predicted octanol–water partition coefficient (Wildman–Crippen LogP) is 5.89. The monoisotopic (exact) mass is 262 g/mol. The van der Waals surface area contributed by atoms with Crippen molar-refractivity contribution in [3.63, 3.8) is 0 Å². The van der Waals surface area contributed by atoms with Crippen molar-refractivity contribution in [1.29, 1.82) is 0 Å². The molecule has 1 aromatic rings. The smallest absolute Gasteiger partial charge is 0.0181 e. The maximum Gasteiger partial charge on any atom is -0.0181 e. The second-order valence-corrected chi connectivity index (χ2v) is 4.40. The highest BCUT2D eigenvalue weighted by molar-refractivity contribution is 5.77. The predicted molar refractivity (Wildman–Crippen MR) is 91.5 cm³/mol. The van der Waals surface area contributed by atoms with E-state index in [-0.39, 0.29) is 0 Å². The van der Waals surface area contributed by atoms with Crippen LogP contribution >= 0.6 is 0 Å². The van der Waals surface area contributed by atoms with E-state index in [1.54, 1.807) is 0 Å². The van der Waals surface area contributed by atoms with E-state index in [4.69, 9.17) is 0 Å². The summed E-state index contributed by atoms with van der Waals surface area (Å²) in [6.07, 6.45) is 14.1. The van der Waals surface area contributed by atoms with Crippen molar-refractivity contribution in [2.75, 3.05) is 0 Å². The summed E-state index contributed by atoms with van der Waals surface area (Å²) in [6, 6.07) is 10.3. The second kappa shape index (κ2) is 8.71.